The van der Waals surface area contributed by atoms with Gasteiger partial charge in [-0.2, -0.15) is 0 Å². The quantitative estimate of drug-likeness (QED) is 0.648. The molecule has 2 rings (SSSR count). The molecule has 96 valence electrons. The minimum Gasteiger partial charge on any atom is -0.271 e. The van der Waals surface area contributed by atoms with E-state index in [1.165, 1.54) is 16.7 Å². The fraction of sp³-hybridized carbons (Fsp3) is 0.286. The van der Waals surface area contributed by atoms with Crippen LogP contribution in [0.1, 0.15) is 29.7 Å². The topological polar surface area (TPSA) is 38.0 Å². The van der Waals surface area contributed by atoms with Crippen LogP contribution in [-0.4, -0.2) is 0 Å². The molecule has 1 aromatic carbocycles. The van der Waals surface area contributed by atoms with Gasteiger partial charge in [0.1, 0.15) is 0 Å². The Morgan fingerprint density at radius 3 is 2.44 bits per heavy atom. The standard InChI is InChI=1S/C14H17BrN2S/c1-2-10-3-5-11(6-4-10)7-13(17-16)12-8-14(15)18-9-12/h3-6,8-9,13,17H,2,7,16H2,1H3. The van der Waals surface area contributed by atoms with E-state index < -0.39 is 0 Å². The molecule has 0 aliphatic rings. The van der Waals surface area contributed by atoms with Gasteiger partial charge in [0.25, 0.3) is 0 Å². The van der Waals surface area contributed by atoms with E-state index in [-0.39, 0.29) is 6.04 Å². The van der Waals surface area contributed by atoms with Crippen molar-refractivity contribution < 1.29 is 0 Å². The van der Waals surface area contributed by atoms with Crippen LogP contribution in [0, 0.1) is 0 Å². The van der Waals surface area contributed by atoms with E-state index in [1.807, 2.05) is 0 Å². The molecule has 2 aromatic rings. The largest absolute Gasteiger partial charge is 0.271 e. The SMILES string of the molecule is CCc1ccc(CC(NN)c2csc(Br)c2)cc1. The van der Waals surface area contributed by atoms with Crippen LogP contribution in [-0.2, 0) is 12.8 Å². The van der Waals surface area contributed by atoms with E-state index in [1.54, 1.807) is 11.3 Å². The van der Waals surface area contributed by atoms with Gasteiger partial charge in [0.15, 0.2) is 0 Å². The van der Waals surface area contributed by atoms with Gasteiger partial charge >= 0.3 is 0 Å². The van der Waals surface area contributed by atoms with Crippen LogP contribution in [0.3, 0.4) is 0 Å². The lowest BCUT2D eigenvalue weighted by Gasteiger charge is -2.14. The van der Waals surface area contributed by atoms with E-state index in [4.69, 9.17) is 5.84 Å². The molecule has 0 aliphatic carbocycles. The van der Waals surface area contributed by atoms with Gasteiger partial charge < -0.3 is 0 Å². The zero-order chi connectivity index (χ0) is 13.0. The zero-order valence-electron chi connectivity index (χ0n) is 10.3. The molecule has 1 atom stereocenters. The molecule has 4 heteroatoms. The van der Waals surface area contributed by atoms with Crippen LogP contribution in [0.5, 0.6) is 0 Å². The third-order valence-electron chi connectivity index (χ3n) is 3.06. The number of aryl methyl sites for hydroxylation is 1. The molecule has 0 bridgehead atoms. The van der Waals surface area contributed by atoms with Crippen molar-refractivity contribution in [1.29, 1.82) is 0 Å². The number of halogens is 1. The van der Waals surface area contributed by atoms with Crippen molar-refractivity contribution in [3.63, 3.8) is 0 Å². The first-order valence-electron chi connectivity index (χ1n) is 6.00. The highest BCUT2D eigenvalue weighted by Gasteiger charge is 2.12. The third kappa shape index (κ3) is 3.42. The maximum atomic E-state index is 5.66. The second-order valence-corrected chi connectivity index (χ2v) is 6.57. The summed E-state index contributed by atoms with van der Waals surface area (Å²) in [4.78, 5) is 0. The van der Waals surface area contributed by atoms with Crippen molar-refractivity contribution in [3.8, 4) is 0 Å². The Hall–Kier alpha value is -0.680. The fourth-order valence-electron chi connectivity index (χ4n) is 1.93. The van der Waals surface area contributed by atoms with Crippen LogP contribution >= 0.6 is 27.3 Å². The number of nitrogens with one attached hydrogen (secondary N) is 1. The number of rotatable bonds is 5. The minimum absolute atomic E-state index is 0.167. The second kappa shape index (κ2) is 6.48. The van der Waals surface area contributed by atoms with Crippen LogP contribution in [0.15, 0.2) is 39.5 Å². The van der Waals surface area contributed by atoms with Gasteiger partial charge in [-0.05, 0) is 56.9 Å². The average Bonchev–Trinajstić information content (AvgIpc) is 2.83. The maximum absolute atomic E-state index is 5.66. The molecule has 0 fully saturated rings. The van der Waals surface area contributed by atoms with Crippen molar-refractivity contribution in [2.45, 2.75) is 25.8 Å². The normalized spacial score (nSPS) is 12.6. The summed E-state index contributed by atoms with van der Waals surface area (Å²) in [6.45, 7) is 2.17. The molecular weight excluding hydrogens is 308 g/mol. The van der Waals surface area contributed by atoms with Crippen molar-refractivity contribution >= 4 is 27.3 Å². The lowest BCUT2D eigenvalue weighted by molar-refractivity contribution is 0.553. The highest BCUT2D eigenvalue weighted by atomic mass is 79.9. The van der Waals surface area contributed by atoms with Crippen molar-refractivity contribution in [3.05, 3.63) is 56.2 Å². The molecule has 18 heavy (non-hydrogen) atoms. The molecule has 0 radical (unpaired) electrons. The summed E-state index contributed by atoms with van der Waals surface area (Å²) in [7, 11) is 0. The molecule has 2 nitrogen and oxygen atoms in total. The van der Waals surface area contributed by atoms with Crippen LogP contribution in [0.25, 0.3) is 0 Å². The first-order chi connectivity index (χ1) is 8.72. The number of thiophene rings is 1. The molecule has 3 N–H and O–H groups in total. The zero-order valence-corrected chi connectivity index (χ0v) is 12.7. The Labute approximate surface area is 120 Å². The van der Waals surface area contributed by atoms with Gasteiger partial charge in [-0.25, -0.2) is 0 Å². The Morgan fingerprint density at radius 1 is 1.28 bits per heavy atom. The van der Waals surface area contributed by atoms with Crippen LogP contribution < -0.4 is 11.3 Å². The Bertz CT molecular complexity index is 493. The molecule has 1 unspecified atom stereocenters. The predicted molar refractivity (Wildman–Crippen MR) is 81.6 cm³/mol. The number of hydrogen-bond acceptors (Lipinski definition) is 3. The molecule has 0 amide bonds. The van der Waals surface area contributed by atoms with Gasteiger partial charge in [0.2, 0.25) is 0 Å². The first kappa shape index (κ1) is 13.7. The maximum Gasteiger partial charge on any atom is 0.0701 e. The van der Waals surface area contributed by atoms with E-state index >= 15 is 0 Å². The number of hydrogen-bond donors (Lipinski definition) is 2. The van der Waals surface area contributed by atoms with E-state index in [0.29, 0.717) is 0 Å². The predicted octanol–water partition coefficient (Wildman–Crippen LogP) is 3.82. The summed E-state index contributed by atoms with van der Waals surface area (Å²) < 4.78 is 1.14. The van der Waals surface area contributed by atoms with Gasteiger partial charge in [-0.3, -0.25) is 11.3 Å². The molecule has 0 saturated heterocycles. The summed E-state index contributed by atoms with van der Waals surface area (Å²) in [5, 5.41) is 2.13. The fourth-order valence-corrected chi connectivity index (χ4v) is 3.16. The summed E-state index contributed by atoms with van der Waals surface area (Å²) in [6.07, 6.45) is 1.99. The number of benzene rings is 1. The van der Waals surface area contributed by atoms with Gasteiger partial charge in [-0.1, -0.05) is 31.2 Å². The second-order valence-electron chi connectivity index (χ2n) is 4.28. The Balaban J connectivity index is 2.10. The highest BCUT2D eigenvalue weighted by Crippen LogP contribution is 2.27. The van der Waals surface area contributed by atoms with Crippen molar-refractivity contribution in [1.82, 2.24) is 5.43 Å². The molecule has 1 aromatic heterocycles. The first-order valence-corrected chi connectivity index (χ1v) is 7.68. The summed E-state index contributed by atoms with van der Waals surface area (Å²) >= 11 is 5.17. The van der Waals surface area contributed by atoms with Crippen molar-refractivity contribution in [2.24, 2.45) is 5.84 Å². The van der Waals surface area contributed by atoms with Gasteiger partial charge in [-0.15, -0.1) is 11.3 Å². The van der Waals surface area contributed by atoms with Gasteiger partial charge in [0, 0.05) is 0 Å². The van der Waals surface area contributed by atoms with Crippen LogP contribution in [0.2, 0.25) is 0 Å². The molecule has 0 aliphatic heterocycles. The molecule has 0 spiro atoms. The lowest BCUT2D eigenvalue weighted by atomic mass is 10.0. The lowest BCUT2D eigenvalue weighted by Crippen LogP contribution is -2.29. The summed E-state index contributed by atoms with van der Waals surface area (Å²) in [5.74, 6) is 5.66. The summed E-state index contributed by atoms with van der Waals surface area (Å²) in [6, 6.07) is 11.0. The van der Waals surface area contributed by atoms with E-state index in [2.05, 4.69) is 64.0 Å². The third-order valence-corrected chi connectivity index (χ3v) is 4.59. The Morgan fingerprint density at radius 2 is 1.94 bits per heavy atom. The average molecular weight is 325 g/mol. The number of nitrogens with two attached hydrogens (primary N) is 1. The van der Waals surface area contributed by atoms with E-state index in [9.17, 15) is 0 Å². The van der Waals surface area contributed by atoms with Crippen molar-refractivity contribution in [2.75, 3.05) is 0 Å². The van der Waals surface area contributed by atoms with Gasteiger partial charge in [0.05, 0.1) is 9.83 Å². The highest BCUT2D eigenvalue weighted by molar-refractivity contribution is 9.11. The minimum atomic E-state index is 0.167. The monoisotopic (exact) mass is 324 g/mol. The molecule has 1 heterocycles. The molecule has 0 saturated carbocycles. The Kier molecular flexibility index (Phi) is 4.95. The van der Waals surface area contributed by atoms with E-state index in [0.717, 1.165) is 16.6 Å². The number of hydrazine groups is 1. The smallest absolute Gasteiger partial charge is 0.0701 e. The van der Waals surface area contributed by atoms with Crippen LogP contribution in [0.4, 0.5) is 0 Å². The summed E-state index contributed by atoms with van der Waals surface area (Å²) in [5.41, 5.74) is 6.80. The molecular formula is C14H17BrN2S.